The zero-order chi connectivity index (χ0) is 17.1. The molecule has 0 saturated heterocycles. The zero-order valence-electron chi connectivity index (χ0n) is 15.3. The summed E-state index contributed by atoms with van der Waals surface area (Å²) in [5, 5.41) is 0. The van der Waals surface area contributed by atoms with Crippen LogP contribution in [0.25, 0.3) is 0 Å². The minimum absolute atomic E-state index is 0.0332. The molecule has 3 heteroatoms. The molecule has 1 unspecified atom stereocenters. The van der Waals surface area contributed by atoms with Crippen LogP contribution < -0.4 is 0 Å². The van der Waals surface area contributed by atoms with Gasteiger partial charge in [-0.15, -0.1) is 0 Å². The predicted octanol–water partition coefficient (Wildman–Crippen LogP) is 4.71. The SMILES string of the molecule is C=C(C)C(=O)N(C(=O)CC(C)CC(C)(C)C)C1(C)CCCC1. The number of amides is 2. The second kappa shape index (κ2) is 6.97. The third-order valence-electron chi connectivity index (χ3n) is 4.52. The van der Waals surface area contributed by atoms with Crippen molar-refractivity contribution >= 4 is 11.8 Å². The summed E-state index contributed by atoms with van der Waals surface area (Å²) < 4.78 is 0. The van der Waals surface area contributed by atoms with Crippen molar-refractivity contribution in [2.45, 2.75) is 85.6 Å². The standard InChI is InChI=1S/C19H33NO2/c1-14(2)17(22)20(19(7)10-8-9-11-19)16(21)12-15(3)13-18(4,5)6/h15H,1,8-13H2,2-7H3. The maximum atomic E-state index is 12.8. The van der Waals surface area contributed by atoms with E-state index in [0.29, 0.717) is 12.0 Å². The van der Waals surface area contributed by atoms with Gasteiger partial charge in [-0.2, -0.15) is 0 Å². The summed E-state index contributed by atoms with van der Waals surface area (Å²) in [6, 6.07) is 0. The Bertz CT molecular complexity index is 439. The maximum absolute atomic E-state index is 12.8. The highest BCUT2D eigenvalue weighted by atomic mass is 16.2. The number of nitrogens with zero attached hydrogens (tertiary/aromatic N) is 1. The topological polar surface area (TPSA) is 37.4 Å². The van der Waals surface area contributed by atoms with Crippen molar-refractivity contribution in [2.75, 3.05) is 0 Å². The smallest absolute Gasteiger partial charge is 0.256 e. The Kier molecular flexibility index (Phi) is 6.00. The number of hydrogen-bond donors (Lipinski definition) is 0. The molecule has 1 aliphatic rings. The maximum Gasteiger partial charge on any atom is 0.256 e. The highest BCUT2D eigenvalue weighted by Gasteiger charge is 2.42. The zero-order valence-corrected chi connectivity index (χ0v) is 15.3. The van der Waals surface area contributed by atoms with Crippen LogP contribution in [-0.4, -0.2) is 22.3 Å². The first-order valence-corrected chi connectivity index (χ1v) is 8.49. The lowest BCUT2D eigenvalue weighted by Crippen LogP contribution is -2.52. The molecular weight excluding hydrogens is 274 g/mol. The first kappa shape index (κ1) is 18.9. The first-order valence-electron chi connectivity index (χ1n) is 8.49. The molecule has 0 N–H and O–H groups in total. The molecule has 1 saturated carbocycles. The van der Waals surface area contributed by atoms with E-state index in [1.807, 2.05) is 6.92 Å². The van der Waals surface area contributed by atoms with Crippen LogP contribution in [0.2, 0.25) is 0 Å². The van der Waals surface area contributed by atoms with Crippen molar-refractivity contribution in [3.63, 3.8) is 0 Å². The van der Waals surface area contributed by atoms with E-state index in [2.05, 4.69) is 34.3 Å². The first-order chi connectivity index (χ1) is 9.96. The normalized spacial score (nSPS) is 18.8. The predicted molar refractivity (Wildman–Crippen MR) is 91.4 cm³/mol. The molecule has 0 bridgehead atoms. The molecule has 1 atom stereocenters. The van der Waals surface area contributed by atoms with Gasteiger partial charge in [0.05, 0.1) is 0 Å². The minimum atomic E-state index is -0.325. The summed E-state index contributed by atoms with van der Waals surface area (Å²) in [5.74, 6) is 0.0458. The van der Waals surface area contributed by atoms with Crippen molar-refractivity contribution < 1.29 is 9.59 Å². The lowest BCUT2D eigenvalue weighted by molar-refractivity contribution is -0.150. The molecule has 1 fully saturated rings. The number of hydrogen-bond acceptors (Lipinski definition) is 2. The van der Waals surface area contributed by atoms with Crippen LogP contribution in [0.1, 0.15) is 80.1 Å². The molecule has 1 aliphatic carbocycles. The second-order valence-electron chi connectivity index (χ2n) is 8.59. The second-order valence-corrected chi connectivity index (χ2v) is 8.59. The number of carbonyl (C=O) groups excluding carboxylic acids is 2. The molecule has 22 heavy (non-hydrogen) atoms. The fraction of sp³-hybridized carbons (Fsp3) is 0.789. The lowest BCUT2D eigenvalue weighted by Gasteiger charge is -2.38. The minimum Gasteiger partial charge on any atom is -0.274 e. The molecule has 0 aromatic heterocycles. The third kappa shape index (κ3) is 4.96. The molecule has 0 aliphatic heterocycles. The van der Waals surface area contributed by atoms with Crippen LogP contribution in [0.4, 0.5) is 0 Å². The van der Waals surface area contributed by atoms with Crippen molar-refractivity contribution in [1.29, 1.82) is 0 Å². The van der Waals surface area contributed by atoms with Crippen molar-refractivity contribution in [1.82, 2.24) is 4.90 Å². The number of rotatable bonds is 5. The Morgan fingerprint density at radius 3 is 2.14 bits per heavy atom. The van der Waals surface area contributed by atoms with Crippen LogP contribution in [0, 0.1) is 11.3 Å². The Hall–Kier alpha value is -1.12. The Balaban J connectivity index is 2.90. The van der Waals surface area contributed by atoms with Crippen molar-refractivity contribution in [2.24, 2.45) is 11.3 Å². The molecule has 126 valence electrons. The van der Waals surface area contributed by atoms with Gasteiger partial charge in [-0.1, -0.05) is 47.1 Å². The van der Waals surface area contributed by atoms with E-state index in [0.717, 1.165) is 32.1 Å². The summed E-state index contributed by atoms with van der Waals surface area (Å²) >= 11 is 0. The molecule has 1 rings (SSSR count). The molecule has 0 radical (unpaired) electrons. The van der Waals surface area contributed by atoms with Crippen LogP contribution in [0.3, 0.4) is 0 Å². The van der Waals surface area contributed by atoms with Crippen LogP contribution in [0.5, 0.6) is 0 Å². The van der Waals surface area contributed by atoms with Gasteiger partial charge in [0.25, 0.3) is 5.91 Å². The lowest BCUT2D eigenvalue weighted by atomic mass is 9.83. The van der Waals surface area contributed by atoms with Gasteiger partial charge in [0.1, 0.15) is 0 Å². The number of imide groups is 1. The van der Waals surface area contributed by atoms with Crippen LogP contribution >= 0.6 is 0 Å². The van der Waals surface area contributed by atoms with E-state index in [9.17, 15) is 9.59 Å². The number of carbonyl (C=O) groups is 2. The highest BCUT2D eigenvalue weighted by Crippen LogP contribution is 2.37. The van der Waals surface area contributed by atoms with E-state index in [1.165, 1.54) is 4.90 Å². The van der Waals surface area contributed by atoms with Gasteiger partial charge in [0.15, 0.2) is 0 Å². The van der Waals surface area contributed by atoms with Gasteiger partial charge < -0.3 is 0 Å². The van der Waals surface area contributed by atoms with Crippen LogP contribution in [-0.2, 0) is 9.59 Å². The summed E-state index contributed by atoms with van der Waals surface area (Å²) in [6.45, 7) is 16.2. The Labute approximate surface area is 136 Å². The fourth-order valence-corrected chi connectivity index (χ4v) is 3.72. The average molecular weight is 307 g/mol. The molecule has 0 aromatic carbocycles. The summed E-state index contributed by atoms with van der Waals surface area (Å²) in [7, 11) is 0. The summed E-state index contributed by atoms with van der Waals surface area (Å²) in [6.07, 6.45) is 5.40. The monoisotopic (exact) mass is 307 g/mol. The van der Waals surface area contributed by atoms with E-state index in [1.54, 1.807) is 6.92 Å². The van der Waals surface area contributed by atoms with Crippen molar-refractivity contribution in [3.8, 4) is 0 Å². The van der Waals surface area contributed by atoms with Crippen molar-refractivity contribution in [3.05, 3.63) is 12.2 Å². The summed E-state index contributed by atoms with van der Waals surface area (Å²) in [5.41, 5.74) is 0.319. The highest BCUT2D eigenvalue weighted by molar-refractivity contribution is 6.04. The van der Waals surface area contributed by atoms with Gasteiger partial charge in [0.2, 0.25) is 5.91 Å². The molecule has 0 heterocycles. The average Bonchev–Trinajstić information content (AvgIpc) is 2.73. The molecular formula is C19H33NO2. The van der Waals surface area contributed by atoms with E-state index < -0.39 is 0 Å². The Morgan fingerprint density at radius 1 is 1.23 bits per heavy atom. The largest absolute Gasteiger partial charge is 0.274 e. The van der Waals surface area contributed by atoms with Gasteiger partial charge in [0, 0.05) is 17.5 Å². The fourth-order valence-electron chi connectivity index (χ4n) is 3.72. The molecule has 3 nitrogen and oxygen atoms in total. The van der Waals surface area contributed by atoms with Gasteiger partial charge in [-0.05, 0) is 44.4 Å². The van der Waals surface area contributed by atoms with E-state index >= 15 is 0 Å². The summed E-state index contributed by atoms with van der Waals surface area (Å²) in [4.78, 5) is 26.9. The molecule has 0 spiro atoms. The van der Waals surface area contributed by atoms with Gasteiger partial charge in [-0.3, -0.25) is 14.5 Å². The van der Waals surface area contributed by atoms with E-state index in [4.69, 9.17) is 0 Å². The third-order valence-corrected chi connectivity index (χ3v) is 4.52. The van der Waals surface area contributed by atoms with E-state index in [-0.39, 0.29) is 28.7 Å². The molecule has 0 aromatic rings. The van der Waals surface area contributed by atoms with Crippen LogP contribution in [0.15, 0.2) is 12.2 Å². The van der Waals surface area contributed by atoms with Gasteiger partial charge in [-0.25, -0.2) is 0 Å². The Morgan fingerprint density at radius 2 is 1.73 bits per heavy atom. The molecule has 2 amide bonds. The quantitative estimate of drug-likeness (QED) is 0.690. The van der Waals surface area contributed by atoms with Gasteiger partial charge >= 0.3 is 0 Å².